The van der Waals surface area contributed by atoms with E-state index in [1.807, 2.05) is 68.0 Å². The van der Waals surface area contributed by atoms with E-state index in [1.165, 1.54) is 47.1 Å². The Kier molecular flexibility index (Phi) is 17.0. The van der Waals surface area contributed by atoms with Gasteiger partial charge in [-0.2, -0.15) is 0 Å². The minimum Gasteiger partial charge on any atom is -0.375 e. The number of anilines is 1. The number of benzene rings is 3. The van der Waals surface area contributed by atoms with Gasteiger partial charge >= 0.3 is 0 Å². The molecule has 0 amide bonds. The summed E-state index contributed by atoms with van der Waals surface area (Å²) in [5.41, 5.74) is 8.70. The third-order valence-electron chi connectivity index (χ3n) is 7.76. The van der Waals surface area contributed by atoms with E-state index in [9.17, 15) is 4.79 Å². The van der Waals surface area contributed by atoms with E-state index >= 15 is 0 Å². The van der Waals surface area contributed by atoms with Crippen LogP contribution in [0.2, 0.25) is 0 Å². The number of hydrogen-bond acceptors (Lipinski definition) is 5. The summed E-state index contributed by atoms with van der Waals surface area (Å²) in [5.74, 6) is 0.637. The van der Waals surface area contributed by atoms with E-state index in [0.29, 0.717) is 24.6 Å². The van der Waals surface area contributed by atoms with Crippen LogP contribution < -0.4 is 16.2 Å². The van der Waals surface area contributed by atoms with Crippen LogP contribution in [0.15, 0.2) is 133 Å². The maximum Gasteiger partial charge on any atom is 0.277 e. The lowest BCUT2D eigenvalue weighted by Gasteiger charge is -2.13. The molecular formula is C43H53N5O. The minimum absolute atomic E-state index is 0.107. The number of unbranched alkanes of at least 4 members (excludes halogenated alkanes) is 1. The van der Waals surface area contributed by atoms with Crippen LogP contribution in [-0.2, 0) is 19.5 Å². The number of aryl methyl sites for hydroxylation is 1. The molecule has 0 unspecified atom stereocenters. The van der Waals surface area contributed by atoms with Crippen molar-refractivity contribution in [2.24, 2.45) is 0 Å². The zero-order valence-electron chi connectivity index (χ0n) is 30.0. The number of aromatic nitrogens is 3. The average molecular weight is 656 g/mol. The lowest BCUT2D eigenvalue weighted by molar-refractivity contribution is 0.766. The number of pyridine rings is 1. The molecule has 0 aliphatic carbocycles. The molecule has 0 spiro atoms. The second-order valence-electron chi connectivity index (χ2n) is 11.8. The predicted molar refractivity (Wildman–Crippen MR) is 210 cm³/mol. The molecule has 3 aromatic carbocycles. The van der Waals surface area contributed by atoms with Gasteiger partial charge in [0.15, 0.2) is 0 Å². The Balaban J connectivity index is 0.000000286. The standard InChI is InChI=1S/C26H23N3O.C13H20N2.C4H10/c1-2-17-29-25(23-11-7-4-8-12-23)28-19-24(26(29)30)27-18-20-13-15-22(16-14-20)21-9-5-3-6-10-21;1-4-5-12-6-7-15-10-13(12)8-11(2)9-14-3;1-3-4-2/h2-16,19,27H,1,17-18H2;6-8,10,14H,4-5,9H2,1-3H3;3-4H2,1-2H3/b;11-8+;. The normalized spacial score (nSPS) is 10.7. The summed E-state index contributed by atoms with van der Waals surface area (Å²) in [4.78, 5) is 21.7. The van der Waals surface area contributed by atoms with E-state index < -0.39 is 0 Å². The maximum atomic E-state index is 13.0. The molecule has 5 aromatic rings. The largest absolute Gasteiger partial charge is 0.375 e. The van der Waals surface area contributed by atoms with Crippen molar-refractivity contribution >= 4 is 11.8 Å². The Morgan fingerprint density at radius 3 is 2.04 bits per heavy atom. The smallest absolute Gasteiger partial charge is 0.277 e. The topological polar surface area (TPSA) is 71.8 Å². The zero-order valence-corrected chi connectivity index (χ0v) is 30.0. The third kappa shape index (κ3) is 12.5. The lowest BCUT2D eigenvalue weighted by Crippen LogP contribution is -2.25. The average Bonchev–Trinajstić information content (AvgIpc) is 3.14. The molecule has 0 atom stereocenters. The first-order chi connectivity index (χ1) is 23.9. The van der Waals surface area contributed by atoms with Crippen molar-refractivity contribution in [1.29, 1.82) is 0 Å². The van der Waals surface area contributed by atoms with E-state index in [2.05, 4.69) is 103 Å². The number of hydrogen-bond donors (Lipinski definition) is 2. The van der Waals surface area contributed by atoms with Crippen molar-refractivity contribution in [1.82, 2.24) is 19.9 Å². The maximum absolute atomic E-state index is 13.0. The summed E-state index contributed by atoms with van der Waals surface area (Å²) in [5, 5.41) is 6.39. The fraction of sp³-hybridized carbons (Fsp3) is 0.279. The molecule has 0 bridgehead atoms. The molecule has 49 heavy (non-hydrogen) atoms. The van der Waals surface area contributed by atoms with Crippen LogP contribution in [0.3, 0.4) is 0 Å². The molecule has 0 aliphatic heterocycles. The number of nitrogens with one attached hydrogen (secondary N) is 2. The molecule has 6 heteroatoms. The number of likely N-dealkylation sites (N-methyl/N-ethyl adjacent to an activating group) is 1. The van der Waals surface area contributed by atoms with Gasteiger partial charge in [0.25, 0.3) is 5.56 Å². The molecule has 2 N–H and O–H groups in total. The van der Waals surface area contributed by atoms with Gasteiger partial charge in [-0.25, -0.2) is 4.98 Å². The van der Waals surface area contributed by atoms with Gasteiger partial charge in [-0.15, -0.1) is 6.58 Å². The van der Waals surface area contributed by atoms with Gasteiger partial charge in [0.05, 0.1) is 6.20 Å². The van der Waals surface area contributed by atoms with E-state index in [-0.39, 0.29) is 5.56 Å². The molecule has 256 valence electrons. The van der Waals surface area contributed by atoms with Crippen LogP contribution in [0.4, 0.5) is 5.69 Å². The lowest BCUT2D eigenvalue weighted by atomic mass is 10.0. The Morgan fingerprint density at radius 1 is 0.816 bits per heavy atom. The van der Waals surface area contributed by atoms with Crippen molar-refractivity contribution in [3.63, 3.8) is 0 Å². The highest BCUT2D eigenvalue weighted by atomic mass is 16.1. The Morgan fingerprint density at radius 2 is 1.45 bits per heavy atom. The summed E-state index contributed by atoms with van der Waals surface area (Å²) in [7, 11) is 1.97. The fourth-order valence-corrected chi connectivity index (χ4v) is 5.03. The van der Waals surface area contributed by atoms with Gasteiger partial charge in [0.1, 0.15) is 11.5 Å². The highest BCUT2D eigenvalue weighted by Gasteiger charge is 2.11. The zero-order chi connectivity index (χ0) is 35.3. The highest BCUT2D eigenvalue weighted by Crippen LogP contribution is 2.20. The van der Waals surface area contributed by atoms with Crippen LogP contribution >= 0.6 is 0 Å². The number of nitrogens with zero attached hydrogens (tertiary/aromatic N) is 3. The first-order valence-corrected chi connectivity index (χ1v) is 17.3. The summed E-state index contributed by atoms with van der Waals surface area (Å²) >= 11 is 0. The molecule has 0 fully saturated rings. The first kappa shape index (κ1) is 38.4. The molecule has 2 heterocycles. The van der Waals surface area contributed by atoms with Crippen LogP contribution in [0.25, 0.3) is 28.6 Å². The summed E-state index contributed by atoms with van der Waals surface area (Å²) in [6.07, 6.45) is 14.3. The molecule has 0 saturated carbocycles. The van der Waals surface area contributed by atoms with E-state index in [1.54, 1.807) is 16.8 Å². The third-order valence-corrected chi connectivity index (χ3v) is 7.76. The van der Waals surface area contributed by atoms with Gasteiger partial charge in [0.2, 0.25) is 0 Å². The summed E-state index contributed by atoms with van der Waals surface area (Å²) in [6.45, 7) is 14.4. The van der Waals surface area contributed by atoms with Gasteiger partial charge < -0.3 is 10.6 Å². The van der Waals surface area contributed by atoms with Gasteiger partial charge in [-0.05, 0) is 54.3 Å². The number of allylic oxidation sites excluding steroid dienone is 1. The summed E-state index contributed by atoms with van der Waals surface area (Å²) < 4.78 is 1.64. The van der Waals surface area contributed by atoms with Crippen LogP contribution in [-0.4, -0.2) is 28.1 Å². The second-order valence-corrected chi connectivity index (χ2v) is 11.8. The van der Waals surface area contributed by atoms with E-state index in [0.717, 1.165) is 24.1 Å². The van der Waals surface area contributed by atoms with Crippen LogP contribution in [0.5, 0.6) is 0 Å². The molecule has 0 radical (unpaired) electrons. The minimum atomic E-state index is -0.107. The number of rotatable bonds is 13. The molecular weight excluding hydrogens is 603 g/mol. The molecule has 0 saturated heterocycles. The molecule has 5 rings (SSSR count). The SMILES string of the molecule is C=CCn1c(-c2ccccc2)ncc(NCc2ccc(-c3ccccc3)cc2)c1=O.CCCC.CCCc1ccncc1/C=C(\C)CNC. The van der Waals surface area contributed by atoms with Crippen LogP contribution in [0, 0.1) is 0 Å². The monoisotopic (exact) mass is 655 g/mol. The Labute approximate surface area is 293 Å². The summed E-state index contributed by atoms with van der Waals surface area (Å²) in [6, 6.07) is 30.4. The molecule has 6 nitrogen and oxygen atoms in total. The van der Waals surface area contributed by atoms with Crippen molar-refractivity contribution in [2.45, 2.75) is 66.5 Å². The van der Waals surface area contributed by atoms with Gasteiger partial charge in [-0.3, -0.25) is 14.3 Å². The fourth-order valence-electron chi connectivity index (χ4n) is 5.03. The Bertz CT molecular complexity index is 1760. The first-order valence-electron chi connectivity index (χ1n) is 17.3. The van der Waals surface area contributed by atoms with Crippen molar-refractivity contribution in [3.05, 3.63) is 155 Å². The Hall–Kier alpha value is -5.07. The predicted octanol–water partition coefficient (Wildman–Crippen LogP) is 9.84. The highest BCUT2D eigenvalue weighted by molar-refractivity contribution is 5.63. The second kappa shape index (κ2) is 21.7. The quantitative estimate of drug-likeness (QED) is 0.124. The van der Waals surface area contributed by atoms with Crippen molar-refractivity contribution in [2.75, 3.05) is 18.9 Å². The van der Waals surface area contributed by atoms with Crippen molar-refractivity contribution in [3.8, 4) is 22.5 Å². The van der Waals surface area contributed by atoms with Crippen molar-refractivity contribution < 1.29 is 0 Å². The molecule has 0 aliphatic rings. The molecule has 2 aromatic heterocycles. The van der Waals surface area contributed by atoms with Gasteiger partial charge in [0, 0.05) is 37.6 Å². The van der Waals surface area contributed by atoms with Crippen LogP contribution in [0.1, 0.15) is 63.6 Å². The van der Waals surface area contributed by atoms with Gasteiger partial charge in [-0.1, -0.05) is 143 Å². The van der Waals surface area contributed by atoms with E-state index in [4.69, 9.17) is 0 Å².